The Morgan fingerprint density at radius 2 is 2.37 bits per heavy atom. The van der Waals surface area contributed by atoms with Gasteiger partial charge in [-0.2, -0.15) is 0 Å². The van der Waals surface area contributed by atoms with Gasteiger partial charge in [0.25, 0.3) is 0 Å². The van der Waals surface area contributed by atoms with Gasteiger partial charge in [-0.05, 0) is 56.3 Å². The minimum atomic E-state index is -0.188. The standard InChI is InChI=1S/C15H21FN2O/c1-2-17-15(19)14-10-12(6-7-18-14)8-11-4-3-5-13(16)9-11/h3-5,9,12,14,18H,2,6-8,10H2,1H3,(H,17,19). The van der Waals surface area contributed by atoms with Crippen molar-refractivity contribution in [2.24, 2.45) is 5.92 Å². The highest BCUT2D eigenvalue weighted by Gasteiger charge is 2.26. The number of hydrogen-bond donors (Lipinski definition) is 2. The summed E-state index contributed by atoms with van der Waals surface area (Å²) in [4.78, 5) is 11.8. The molecular formula is C15H21FN2O. The lowest BCUT2D eigenvalue weighted by Crippen LogP contribution is -2.48. The lowest BCUT2D eigenvalue weighted by Gasteiger charge is -2.29. The van der Waals surface area contributed by atoms with Crippen molar-refractivity contribution in [3.63, 3.8) is 0 Å². The average molecular weight is 264 g/mol. The first-order valence-electron chi connectivity index (χ1n) is 6.94. The maximum absolute atomic E-state index is 13.2. The van der Waals surface area contributed by atoms with Gasteiger partial charge >= 0.3 is 0 Å². The number of carbonyl (C=O) groups excluding carboxylic acids is 1. The average Bonchev–Trinajstić information content (AvgIpc) is 2.39. The third-order valence-corrected chi connectivity index (χ3v) is 3.59. The number of likely N-dealkylation sites (N-methyl/N-ethyl adjacent to an activating group) is 1. The molecule has 2 atom stereocenters. The molecule has 1 amide bonds. The lowest BCUT2D eigenvalue weighted by atomic mass is 9.87. The quantitative estimate of drug-likeness (QED) is 0.871. The summed E-state index contributed by atoms with van der Waals surface area (Å²) >= 11 is 0. The monoisotopic (exact) mass is 264 g/mol. The molecule has 1 aliphatic heterocycles. The van der Waals surface area contributed by atoms with Crippen LogP contribution in [0.1, 0.15) is 25.3 Å². The van der Waals surface area contributed by atoms with E-state index in [0.717, 1.165) is 31.4 Å². The predicted molar refractivity (Wildman–Crippen MR) is 73.3 cm³/mol. The molecule has 4 heteroatoms. The Morgan fingerprint density at radius 3 is 3.11 bits per heavy atom. The Labute approximate surface area is 113 Å². The molecule has 1 heterocycles. The lowest BCUT2D eigenvalue weighted by molar-refractivity contribution is -0.123. The van der Waals surface area contributed by atoms with Gasteiger partial charge in [0.15, 0.2) is 0 Å². The van der Waals surface area contributed by atoms with Gasteiger partial charge < -0.3 is 10.6 Å². The third kappa shape index (κ3) is 4.03. The molecular weight excluding hydrogens is 243 g/mol. The maximum atomic E-state index is 13.2. The predicted octanol–water partition coefficient (Wildman–Crippen LogP) is 1.87. The van der Waals surface area contributed by atoms with E-state index in [4.69, 9.17) is 0 Å². The second-order valence-electron chi connectivity index (χ2n) is 5.13. The van der Waals surface area contributed by atoms with Gasteiger partial charge in [-0.25, -0.2) is 4.39 Å². The van der Waals surface area contributed by atoms with Crippen molar-refractivity contribution in [1.82, 2.24) is 10.6 Å². The topological polar surface area (TPSA) is 41.1 Å². The zero-order valence-corrected chi connectivity index (χ0v) is 11.3. The van der Waals surface area contributed by atoms with Crippen molar-refractivity contribution < 1.29 is 9.18 Å². The summed E-state index contributed by atoms with van der Waals surface area (Å²) in [6, 6.07) is 6.64. The van der Waals surface area contributed by atoms with E-state index < -0.39 is 0 Å². The highest BCUT2D eigenvalue weighted by atomic mass is 19.1. The molecule has 2 unspecified atom stereocenters. The van der Waals surface area contributed by atoms with Crippen LogP contribution in [-0.2, 0) is 11.2 Å². The van der Waals surface area contributed by atoms with E-state index in [1.54, 1.807) is 12.1 Å². The molecule has 0 aliphatic carbocycles. The summed E-state index contributed by atoms with van der Waals surface area (Å²) < 4.78 is 13.2. The zero-order chi connectivity index (χ0) is 13.7. The molecule has 1 aromatic rings. The number of rotatable bonds is 4. The molecule has 0 spiro atoms. The Kier molecular flexibility index (Phi) is 4.91. The summed E-state index contributed by atoms with van der Waals surface area (Å²) in [6.45, 7) is 3.43. The fourth-order valence-corrected chi connectivity index (χ4v) is 2.68. The Morgan fingerprint density at radius 1 is 1.53 bits per heavy atom. The fourth-order valence-electron chi connectivity index (χ4n) is 2.68. The molecule has 0 saturated carbocycles. The molecule has 0 bridgehead atoms. The number of hydrogen-bond acceptors (Lipinski definition) is 2. The molecule has 1 fully saturated rings. The zero-order valence-electron chi connectivity index (χ0n) is 11.3. The van der Waals surface area contributed by atoms with Crippen LogP contribution in [0.3, 0.4) is 0 Å². The minimum Gasteiger partial charge on any atom is -0.355 e. The first-order chi connectivity index (χ1) is 9.19. The van der Waals surface area contributed by atoms with Gasteiger partial charge in [0, 0.05) is 6.54 Å². The van der Waals surface area contributed by atoms with Crippen LogP contribution in [0.15, 0.2) is 24.3 Å². The van der Waals surface area contributed by atoms with E-state index >= 15 is 0 Å². The smallest absolute Gasteiger partial charge is 0.237 e. The number of nitrogens with one attached hydrogen (secondary N) is 2. The van der Waals surface area contributed by atoms with Crippen molar-refractivity contribution in [2.75, 3.05) is 13.1 Å². The SMILES string of the molecule is CCNC(=O)C1CC(Cc2cccc(F)c2)CCN1. The van der Waals surface area contributed by atoms with Crippen LogP contribution in [0.4, 0.5) is 4.39 Å². The van der Waals surface area contributed by atoms with Gasteiger partial charge in [0.05, 0.1) is 6.04 Å². The summed E-state index contributed by atoms with van der Waals surface area (Å²) in [6.07, 6.45) is 2.70. The van der Waals surface area contributed by atoms with Crippen molar-refractivity contribution in [3.8, 4) is 0 Å². The minimum absolute atomic E-state index is 0.0754. The number of halogens is 1. The van der Waals surface area contributed by atoms with E-state index in [0.29, 0.717) is 12.5 Å². The second kappa shape index (κ2) is 6.66. The normalized spacial score (nSPS) is 23.1. The van der Waals surface area contributed by atoms with Gasteiger partial charge in [-0.3, -0.25) is 4.79 Å². The summed E-state index contributed by atoms with van der Waals surface area (Å²) in [5, 5.41) is 6.09. The molecule has 1 aliphatic rings. The van der Waals surface area contributed by atoms with Crippen LogP contribution in [0.5, 0.6) is 0 Å². The molecule has 0 radical (unpaired) electrons. The van der Waals surface area contributed by atoms with Crippen LogP contribution >= 0.6 is 0 Å². The molecule has 19 heavy (non-hydrogen) atoms. The van der Waals surface area contributed by atoms with Crippen molar-refractivity contribution in [2.45, 2.75) is 32.2 Å². The second-order valence-corrected chi connectivity index (χ2v) is 5.13. The number of amides is 1. The highest BCUT2D eigenvalue weighted by Crippen LogP contribution is 2.21. The Bertz CT molecular complexity index is 436. The van der Waals surface area contributed by atoms with Gasteiger partial charge in [-0.1, -0.05) is 12.1 Å². The van der Waals surface area contributed by atoms with Crippen LogP contribution in [-0.4, -0.2) is 25.0 Å². The van der Waals surface area contributed by atoms with Crippen molar-refractivity contribution >= 4 is 5.91 Å². The number of benzene rings is 1. The molecule has 1 aromatic carbocycles. The van der Waals surface area contributed by atoms with Crippen LogP contribution in [0.25, 0.3) is 0 Å². The molecule has 0 aromatic heterocycles. The fraction of sp³-hybridized carbons (Fsp3) is 0.533. The number of piperidine rings is 1. The van der Waals surface area contributed by atoms with Crippen LogP contribution in [0.2, 0.25) is 0 Å². The van der Waals surface area contributed by atoms with E-state index in [-0.39, 0.29) is 17.8 Å². The van der Waals surface area contributed by atoms with Crippen LogP contribution < -0.4 is 10.6 Å². The molecule has 3 nitrogen and oxygen atoms in total. The number of carbonyl (C=O) groups is 1. The van der Waals surface area contributed by atoms with E-state index in [1.165, 1.54) is 6.07 Å². The van der Waals surface area contributed by atoms with E-state index in [9.17, 15) is 9.18 Å². The largest absolute Gasteiger partial charge is 0.355 e. The first kappa shape index (κ1) is 14.0. The van der Waals surface area contributed by atoms with E-state index in [2.05, 4.69) is 10.6 Å². The van der Waals surface area contributed by atoms with Gasteiger partial charge in [0.1, 0.15) is 5.82 Å². The van der Waals surface area contributed by atoms with Crippen LogP contribution in [0, 0.1) is 11.7 Å². The third-order valence-electron chi connectivity index (χ3n) is 3.59. The Balaban J connectivity index is 1.92. The Hall–Kier alpha value is -1.42. The first-order valence-corrected chi connectivity index (χ1v) is 6.94. The maximum Gasteiger partial charge on any atom is 0.237 e. The van der Waals surface area contributed by atoms with Crippen molar-refractivity contribution in [3.05, 3.63) is 35.6 Å². The summed E-state index contributed by atoms with van der Waals surface area (Å²) in [5.41, 5.74) is 1.02. The molecule has 1 saturated heterocycles. The van der Waals surface area contributed by atoms with Crippen molar-refractivity contribution in [1.29, 1.82) is 0 Å². The summed E-state index contributed by atoms with van der Waals surface area (Å²) in [5.74, 6) is 0.328. The molecule has 104 valence electrons. The van der Waals surface area contributed by atoms with Gasteiger partial charge in [0.2, 0.25) is 5.91 Å². The van der Waals surface area contributed by atoms with E-state index in [1.807, 2.05) is 13.0 Å². The molecule has 2 N–H and O–H groups in total. The highest BCUT2D eigenvalue weighted by molar-refractivity contribution is 5.81. The summed E-state index contributed by atoms with van der Waals surface area (Å²) in [7, 11) is 0. The van der Waals surface area contributed by atoms with Gasteiger partial charge in [-0.15, -0.1) is 0 Å². The molecule has 2 rings (SSSR count).